The minimum absolute atomic E-state index is 0.0689. The van der Waals surface area contributed by atoms with Crippen LogP contribution in [0.3, 0.4) is 0 Å². The van der Waals surface area contributed by atoms with Crippen molar-refractivity contribution < 1.29 is 4.79 Å². The third-order valence-corrected chi connectivity index (χ3v) is 3.94. The molecule has 102 valence electrons. The Morgan fingerprint density at radius 2 is 1.60 bits per heavy atom. The number of para-hydroxylation sites is 2. The summed E-state index contributed by atoms with van der Waals surface area (Å²) in [5, 5.41) is 5.42. The van der Waals surface area contributed by atoms with Crippen molar-refractivity contribution in [1.82, 2.24) is 9.88 Å². The Morgan fingerprint density at radius 1 is 1.05 bits per heavy atom. The van der Waals surface area contributed by atoms with E-state index in [-0.39, 0.29) is 5.91 Å². The summed E-state index contributed by atoms with van der Waals surface area (Å²) in [5.41, 5.74) is 2.30. The topological polar surface area (TPSA) is 34.0 Å². The first-order valence-electron chi connectivity index (χ1n) is 6.53. The lowest BCUT2D eigenvalue weighted by atomic mass is 10.2. The van der Waals surface area contributed by atoms with Gasteiger partial charge in [0.2, 0.25) is 5.91 Å². The van der Waals surface area contributed by atoms with Crippen molar-refractivity contribution >= 4 is 39.5 Å². The minimum Gasteiger partial charge on any atom is -0.338 e. The predicted molar refractivity (Wildman–Crippen MR) is 86.0 cm³/mol. The Kier molecular flexibility index (Phi) is 3.65. The van der Waals surface area contributed by atoms with Gasteiger partial charge in [0.15, 0.2) is 0 Å². The SMILES string of the molecule is CSCC(=O)NCn1c2ccccc2c2ccccc21. The number of aromatic nitrogens is 1. The number of nitrogens with zero attached hydrogens (tertiary/aromatic N) is 1. The van der Waals surface area contributed by atoms with Gasteiger partial charge in [0.05, 0.1) is 23.5 Å². The average Bonchev–Trinajstić information content (AvgIpc) is 2.80. The first-order valence-corrected chi connectivity index (χ1v) is 7.92. The van der Waals surface area contributed by atoms with Crippen LogP contribution in [0, 0.1) is 0 Å². The largest absolute Gasteiger partial charge is 0.338 e. The molecule has 0 saturated carbocycles. The lowest BCUT2D eigenvalue weighted by Gasteiger charge is -2.09. The Labute approximate surface area is 122 Å². The quantitative estimate of drug-likeness (QED) is 0.798. The molecule has 1 aromatic heterocycles. The summed E-state index contributed by atoms with van der Waals surface area (Å²) in [6, 6.07) is 16.6. The fraction of sp³-hybridized carbons (Fsp3) is 0.188. The average molecular weight is 284 g/mol. The maximum atomic E-state index is 11.7. The lowest BCUT2D eigenvalue weighted by molar-refractivity contribution is -0.119. The van der Waals surface area contributed by atoms with Gasteiger partial charge in [-0.15, -0.1) is 0 Å². The molecule has 0 spiro atoms. The molecule has 3 nitrogen and oxygen atoms in total. The van der Waals surface area contributed by atoms with E-state index < -0.39 is 0 Å². The van der Waals surface area contributed by atoms with Crippen LogP contribution in [0.4, 0.5) is 0 Å². The number of amides is 1. The van der Waals surface area contributed by atoms with E-state index in [1.807, 2.05) is 30.5 Å². The van der Waals surface area contributed by atoms with E-state index in [0.29, 0.717) is 12.4 Å². The second kappa shape index (κ2) is 5.59. The monoisotopic (exact) mass is 284 g/mol. The fourth-order valence-electron chi connectivity index (χ4n) is 2.52. The predicted octanol–water partition coefficient (Wildman–Crippen LogP) is 3.23. The van der Waals surface area contributed by atoms with E-state index in [0.717, 1.165) is 11.0 Å². The zero-order valence-electron chi connectivity index (χ0n) is 11.3. The highest BCUT2D eigenvalue weighted by Gasteiger charge is 2.09. The standard InChI is InChI=1S/C16H16N2OS/c1-20-10-16(19)17-11-18-14-8-4-2-6-12(14)13-7-3-5-9-15(13)18/h2-9H,10-11H2,1H3,(H,17,19). The molecule has 1 amide bonds. The molecule has 3 rings (SSSR count). The van der Waals surface area contributed by atoms with E-state index in [2.05, 4.69) is 34.1 Å². The highest BCUT2D eigenvalue weighted by Crippen LogP contribution is 2.28. The first kappa shape index (κ1) is 13.1. The molecule has 0 fully saturated rings. The molecular formula is C16H16N2OS. The molecule has 1 heterocycles. The van der Waals surface area contributed by atoms with Crippen LogP contribution in [0.25, 0.3) is 21.8 Å². The second-order valence-electron chi connectivity index (χ2n) is 4.65. The van der Waals surface area contributed by atoms with Crippen molar-refractivity contribution in [2.24, 2.45) is 0 Å². The molecule has 0 saturated heterocycles. The molecule has 0 radical (unpaired) electrons. The third kappa shape index (κ3) is 2.27. The zero-order valence-corrected chi connectivity index (χ0v) is 12.1. The number of carbonyl (C=O) groups is 1. The van der Waals surface area contributed by atoms with Gasteiger partial charge in [-0.25, -0.2) is 0 Å². The van der Waals surface area contributed by atoms with Crippen molar-refractivity contribution in [3.8, 4) is 0 Å². The van der Waals surface area contributed by atoms with Crippen LogP contribution in [-0.2, 0) is 11.5 Å². The number of nitrogens with one attached hydrogen (secondary N) is 1. The summed E-state index contributed by atoms with van der Waals surface area (Å²) in [6.07, 6.45) is 1.93. The van der Waals surface area contributed by atoms with Gasteiger partial charge in [-0.2, -0.15) is 11.8 Å². The zero-order chi connectivity index (χ0) is 13.9. The fourth-order valence-corrected chi connectivity index (χ4v) is 2.89. The molecule has 0 aliphatic heterocycles. The smallest absolute Gasteiger partial charge is 0.231 e. The van der Waals surface area contributed by atoms with Gasteiger partial charge in [-0.3, -0.25) is 4.79 Å². The maximum Gasteiger partial charge on any atom is 0.231 e. The van der Waals surface area contributed by atoms with Gasteiger partial charge in [0.25, 0.3) is 0 Å². The summed E-state index contributed by atoms with van der Waals surface area (Å²) in [4.78, 5) is 11.7. The summed E-state index contributed by atoms with van der Waals surface area (Å²) < 4.78 is 2.16. The number of carbonyl (C=O) groups excluding carboxylic acids is 1. The van der Waals surface area contributed by atoms with E-state index in [9.17, 15) is 4.79 Å². The van der Waals surface area contributed by atoms with E-state index >= 15 is 0 Å². The summed E-state index contributed by atoms with van der Waals surface area (Å²) in [5.74, 6) is 0.566. The Hall–Kier alpha value is -1.94. The molecule has 0 unspecified atom stereocenters. The number of thioether (sulfide) groups is 1. The van der Waals surface area contributed by atoms with Crippen LogP contribution in [0.5, 0.6) is 0 Å². The summed E-state index contributed by atoms with van der Waals surface area (Å²) in [6.45, 7) is 0.507. The van der Waals surface area contributed by atoms with Crippen molar-refractivity contribution in [2.45, 2.75) is 6.67 Å². The van der Waals surface area contributed by atoms with Crippen LogP contribution in [0.2, 0.25) is 0 Å². The number of hydrogen-bond donors (Lipinski definition) is 1. The van der Waals surface area contributed by atoms with Crippen molar-refractivity contribution in [2.75, 3.05) is 12.0 Å². The molecule has 20 heavy (non-hydrogen) atoms. The molecule has 4 heteroatoms. The minimum atomic E-state index is 0.0689. The van der Waals surface area contributed by atoms with Crippen LogP contribution in [-0.4, -0.2) is 22.5 Å². The number of rotatable bonds is 4. The maximum absolute atomic E-state index is 11.7. The number of hydrogen-bond acceptors (Lipinski definition) is 2. The third-order valence-electron chi connectivity index (χ3n) is 3.39. The summed E-state index contributed by atoms with van der Waals surface area (Å²) >= 11 is 1.53. The summed E-state index contributed by atoms with van der Waals surface area (Å²) in [7, 11) is 0. The highest BCUT2D eigenvalue weighted by molar-refractivity contribution is 7.99. The number of fused-ring (bicyclic) bond motifs is 3. The second-order valence-corrected chi connectivity index (χ2v) is 5.52. The highest BCUT2D eigenvalue weighted by atomic mass is 32.2. The van der Waals surface area contributed by atoms with E-state index in [1.54, 1.807) is 0 Å². The first-order chi connectivity index (χ1) is 9.81. The van der Waals surface area contributed by atoms with Gasteiger partial charge >= 0.3 is 0 Å². The Balaban J connectivity index is 2.05. The van der Waals surface area contributed by atoms with Gasteiger partial charge in [0.1, 0.15) is 0 Å². The lowest BCUT2D eigenvalue weighted by Crippen LogP contribution is -2.27. The van der Waals surface area contributed by atoms with Crippen molar-refractivity contribution in [3.05, 3.63) is 48.5 Å². The Morgan fingerprint density at radius 3 is 2.15 bits per heavy atom. The molecule has 0 bridgehead atoms. The van der Waals surface area contributed by atoms with Gasteiger partial charge in [0, 0.05) is 10.8 Å². The molecule has 2 aromatic carbocycles. The molecule has 1 N–H and O–H groups in total. The van der Waals surface area contributed by atoms with Crippen LogP contribution >= 0.6 is 11.8 Å². The molecule has 3 aromatic rings. The van der Waals surface area contributed by atoms with Crippen LogP contribution in [0.15, 0.2) is 48.5 Å². The van der Waals surface area contributed by atoms with Crippen LogP contribution < -0.4 is 5.32 Å². The van der Waals surface area contributed by atoms with Gasteiger partial charge in [-0.1, -0.05) is 36.4 Å². The van der Waals surface area contributed by atoms with E-state index in [1.165, 1.54) is 22.5 Å². The molecule has 0 aliphatic carbocycles. The molecular weight excluding hydrogens is 268 g/mol. The van der Waals surface area contributed by atoms with Gasteiger partial charge < -0.3 is 9.88 Å². The van der Waals surface area contributed by atoms with Crippen molar-refractivity contribution in [3.63, 3.8) is 0 Å². The number of benzene rings is 2. The van der Waals surface area contributed by atoms with Crippen LogP contribution in [0.1, 0.15) is 0 Å². The van der Waals surface area contributed by atoms with E-state index in [4.69, 9.17) is 0 Å². The normalized spacial score (nSPS) is 11.1. The van der Waals surface area contributed by atoms with Gasteiger partial charge in [-0.05, 0) is 18.4 Å². The Bertz CT molecular complexity index is 710. The molecule has 0 atom stereocenters. The van der Waals surface area contributed by atoms with Crippen molar-refractivity contribution in [1.29, 1.82) is 0 Å². The molecule has 0 aliphatic rings.